The Hall–Kier alpha value is -2.97. The van der Waals surface area contributed by atoms with Gasteiger partial charge in [0.05, 0.1) is 39.4 Å². The Kier molecular flexibility index (Phi) is 10.1. The molecule has 0 aliphatic heterocycles. The molecule has 2 aromatic carbocycles. The molecule has 0 unspecified atom stereocenters. The summed E-state index contributed by atoms with van der Waals surface area (Å²) in [6, 6.07) is 8.13. The molecule has 0 aliphatic rings. The zero-order chi connectivity index (χ0) is 27.0. The van der Waals surface area contributed by atoms with Crippen LogP contribution in [0.2, 0.25) is 0 Å². The Morgan fingerprint density at radius 1 is 1.19 bits per heavy atom. The van der Waals surface area contributed by atoms with Crippen molar-refractivity contribution in [3.05, 3.63) is 67.5 Å². The number of carbonyl (C=O) groups excluding carboxylic acids is 2. The zero-order valence-electron chi connectivity index (χ0n) is 19.1. The fourth-order valence-corrected chi connectivity index (χ4v) is 5.03. The number of rotatable bonds is 10. The molecule has 3 aromatic rings. The van der Waals surface area contributed by atoms with Gasteiger partial charge in [-0.15, -0.1) is 11.3 Å². The van der Waals surface area contributed by atoms with Crippen molar-refractivity contribution in [3.63, 3.8) is 0 Å². The van der Waals surface area contributed by atoms with E-state index in [1.54, 1.807) is 24.4 Å². The van der Waals surface area contributed by atoms with E-state index in [0.717, 1.165) is 23.5 Å². The molecular formula is C23H19Br2F3N4O4S. The van der Waals surface area contributed by atoms with Crippen molar-refractivity contribution in [2.24, 2.45) is 5.10 Å². The molecule has 1 amide bonds. The number of hydrogen-bond acceptors (Lipinski definition) is 8. The second kappa shape index (κ2) is 13.0. The molecule has 196 valence electrons. The van der Waals surface area contributed by atoms with Crippen molar-refractivity contribution >= 4 is 72.1 Å². The Bertz CT molecular complexity index is 1280. The van der Waals surface area contributed by atoms with Crippen LogP contribution in [0.15, 0.2) is 55.8 Å². The summed E-state index contributed by atoms with van der Waals surface area (Å²) < 4.78 is 50.0. The minimum atomic E-state index is -4.45. The molecule has 0 aliphatic carbocycles. The van der Waals surface area contributed by atoms with Crippen molar-refractivity contribution in [3.8, 4) is 5.75 Å². The maximum Gasteiger partial charge on any atom is 0.416 e. The van der Waals surface area contributed by atoms with Gasteiger partial charge in [-0.25, -0.2) is 15.2 Å². The first-order chi connectivity index (χ1) is 17.5. The lowest BCUT2D eigenvalue weighted by atomic mass is 10.2. The highest BCUT2D eigenvalue weighted by atomic mass is 79.9. The van der Waals surface area contributed by atoms with Gasteiger partial charge in [-0.05, 0) is 74.7 Å². The van der Waals surface area contributed by atoms with Gasteiger partial charge in [0.25, 0.3) is 0 Å². The van der Waals surface area contributed by atoms with Crippen molar-refractivity contribution in [2.75, 3.05) is 18.5 Å². The Morgan fingerprint density at radius 3 is 2.59 bits per heavy atom. The minimum Gasteiger partial charge on any atom is -0.480 e. The Labute approximate surface area is 230 Å². The van der Waals surface area contributed by atoms with Gasteiger partial charge in [0, 0.05) is 11.1 Å². The van der Waals surface area contributed by atoms with Crippen LogP contribution in [-0.4, -0.2) is 36.3 Å². The second-order valence-electron chi connectivity index (χ2n) is 7.22. The molecule has 0 saturated carbocycles. The summed E-state index contributed by atoms with van der Waals surface area (Å²) in [7, 11) is 0. The second-order valence-corrected chi connectivity index (χ2v) is 9.79. The highest BCUT2D eigenvalue weighted by Crippen LogP contribution is 2.34. The summed E-state index contributed by atoms with van der Waals surface area (Å²) in [5, 5.41) is 8.72. The average Bonchev–Trinajstić information content (AvgIpc) is 3.24. The van der Waals surface area contributed by atoms with E-state index in [1.807, 2.05) is 0 Å². The van der Waals surface area contributed by atoms with Crippen LogP contribution in [0.3, 0.4) is 0 Å². The number of carbonyl (C=O) groups is 2. The van der Waals surface area contributed by atoms with Gasteiger partial charge in [-0.2, -0.15) is 18.3 Å². The number of anilines is 2. The van der Waals surface area contributed by atoms with Gasteiger partial charge in [-0.1, -0.05) is 6.07 Å². The molecule has 1 heterocycles. The van der Waals surface area contributed by atoms with Crippen LogP contribution in [0.25, 0.3) is 0 Å². The zero-order valence-corrected chi connectivity index (χ0v) is 23.1. The Balaban J connectivity index is 1.53. The fraction of sp³-hybridized carbons (Fsp3) is 0.217. The standard InChI is InChI=1S/C23H19Br2F3N4O4S/c1-2-35-20(34)11-36-21-17(24)6-13(7-18(21)25)10-29-32-19(33)9-16-12-37-22(31-16)30-15-5-3-4-14(8-15)23(26,27)28/h3-8,10,12H,2,9,11H2,1H3,(H,30,31)(H,32,33)/b29-10-. The first kappa shape index (κ1) is 28.6. The monoisotopic (exact) mass is 662 g/mol. The molecule has 3 rings (SSSR count). The van der Waals surface area contributed by atoms with Gasteiger partial charge >= 0.3 is 12.1 Å². The van der Waals surface area contributed by atoms with E-state index < -0.39 is 23.6 Å². The maximum absolute atomic E-state index is 12.9. The van der Waals surface area contributed by atoms with Crippen molar-refractivity contribution in [1.29, 1.82) is 0 Å². The number of nitrogens with zero attached hydrogens (tertiary/aromatic N) is 2. The van der Waals surface area contributed by atoms with Gasteiger partial charge in [-0.3, -0.25) is 4.79 Å². The third kappa shape index (κ3) is 8.83. The number of alkyl halides is 3. The SMILES string of the molecule is CCOC(=O)COc1c(Br)cc(/C=N\NC(=O)Cc2csc(Nc3cccc(C(F)(F)F)c3)n2)cc1Br. The van der Waals surface area contributed by atoms with E-state index in [1.165, 1.54) is 18.3 Å². The van der Waals surface area contributed by atoms with Crippen molar-refractivity contribution < 1.29 is 32.2 Å². The number of ether oxygens (including phenoxy) is 2. The average molecular weight is 664 g/mol. The molecule has 0 fully saturated rings. The van der Waals surface area contributed by atoms with E-state index in [2.05, 4.69) is 52.7 Å². The molecule has 0 bridgehead atoms. The minimum absolute atomic E-state index is 0.0772. The van der Waals surface area contributed by atoms with E-state index in [4.69, 9.17) is 9.47 Å². The molecule has 8 nitrogen and oxygen atoms in total. The number of nitrogens with one attached hydrogen (secondary N) is 2. The summed E-state index contributed by atoms with van der Waals surface area (Å²) in [6.07, 6.45) is -3.10. The summed E-state index contributed by atoms with van der Waals surface area (Å²) in [5.41, 5.74) is 2.92. The lowest BCUT2D eigenvalue weighted by Crippen LogP contribution is -2.20. The number of amides is 1. The predicted octanol–water partition coefficient (Wildman–Crippen LogP) is 6.07. The normalized spacial score (nSPS) is 11.4. The molecule has 1 aromatic heterocycles. The number of thiazole rings is 1. The number of esters is 1. The van der Waals surface area contributed by atoms with E-state index in [-0.39, 0.29) is 25.3 Å². The predicted molar refractivity (Wildman–Crippen MR) is 140 cm³/mol. The number of aromatic nitrogens is 1. The van der Waals surface area contributed by atoms with Crippen LogP contribution >= 0.6 is 43.2 Å². The number of halogens is 5. The molecule has 0 spiro atoms. The number of hydrazone groups is 1. The molecule has 14 heteroatoms. The lowest BCUT2D eigenvalue weighted by molar-refractivity contribution is -0.145. The summed E-state index contributed by atoms with van der Waals surface area (Å²) in [4.78, 5) is 27.9. The topological polar surface area (TPSA) is 102 Å². The van der Waals surface area contributed by atoms with Gasteiger partial charge in [0.1, 0.15) is 5.75 Å². The van der Waals surface area contributed by atoms with Crippen LogP contribution in [0, 0.1) is 0 Å². The van der Waals surface area contributed by atoms with Crippen LogP contribution in [0.5, 0.6) is 5.75 Å². The first-order valence-corrected chi connectivity index (χ1v) is 13.0. The molecule has 37 heavy (non-hydrogen) atoms. The number of benzene rings is 2. The van der Waals surface area contributed by atoms with Gasteiger partial charge in [0.15, 0.2) is 11.7 Å². The molecule has 0 atom stereocenters. The molecule has 0 radical (unpaired) electrons. The largest absolute Gasteiger partial charge is 0.480 e. The molecule has 2 N–H and O–H groups in total. The maximum atomic E-state index is 12.9. The smallest absolute Gasteiger partial charge is 0.416 e. The summed E-state index contributed by atoms with van der Waals surface area (Å²) in [5.74, 6) is -0.514. The third-order valence-corrected chi connectivity index (χ3v) is 6.38. The number of hydrogen-bond donors (Lipinski definition) is 2. The van der Waals surface area contributed by atoms with Gasteiger partial charge < -0.3 is 14.8 Å². The molecule has 0 saturated heterocycles. The Morgan fingerprint density at radius 2 is 1.92 bits per heavy atom. The quantitative estimate of drug-likeness (QED) is 0.155. The van der Waals surface area contributed by atoms with Gasteiger partial charge in [0.2, 0.25) is 5.91 Å². The van der Waals surface area contributed by atoms with Crippen LogP contribution in [-0.2, 0) is 26.9 Å². The highest BCUT2D eigenvalue weighted by Gasteiger charge is 2.30. The van der Waals surface area contributed by atoms with E-state index in [9.17, 15) is 22.8 Å². The lowest BCUT2D eigenvalue weighted by Gasteiger charge is -2.10. The van der Waals surface area contributed by atoms with E-state index in [0.29, 0.717) is 31.1 Å². The highest BCUT2D eigenvalue weighted by molar-refractivity contribution is 9.11. The fourth-order valence-electron chi connectivity index (χ4n) is 2.85. The van der Waals surface area contributed by atoms with Crippen molar-refractivity contribution in [1.82, 2.24) is 10.4 Å². The summed E-state index contributed by atoms with van der Waals surface area (Å²) >= 11 is 7.89. The van der Waals surface area contributed by atoms with Crippen LogP contribution in [0.4, 0.5) is 24.0 Å². The van der Waals surface area contributed by atoms with E-state index >= 15 is 0 Å². The van der Waals surface area contributed by atoms with Crippen LogP contribution in [0.1, 0.15) is 23.7 Å². The molecular weight excluding hydrogens is 645 g/mol. The summed E-state index contributed by atoms with van der Waals surface area (Å²) in [6.45, 7) is 1.71. The third-order valence-electron chi connectivity index (χ3n) is 4.40. The van der Waals surface area contributed by atoms with Crippen molar-refractivity contribution in [2.45, 2.75) is 19.5 Å². The van der Waals surface area contributed by atoms with Crippen LogP contribution < -0.4 is 15.5 Å². The first-order valence-electron chi connectivity index (χ1n) is 10.5.